The lowest BCUT2D eigenvalue weighted by atomic mass is 10.2. The molecule has 1 unspecified atom stereocenters. The van der Waals surface area contributed by atoms with Crippen LogP contribution in [0.5, 0.6) is 5.75 Å². The van der Waals surface area contributed by atoms with Gasteiger partial charge >= 0.3 is 6.18 Å². The summed E-state index contributed by atoms with van der Waals surface area (Å²) in [6.45, 7) is 1.47. The SMILES string of the molecule is COc1cc(C(F)(F)F)cc(S(=O)(=O)NCC2COCCN2)c1. The van der Waals surface area contributed by atoms with Crippen molar-refractivity contribution in [3.05, 3.63) is 23.8 Å². The van der Waals surface area contributed by atoms with Gasteiger partial charge in [-0.1, -0.05) is 0 Å². The van der Waals surface area contributed by atoms with E-state index in [0.717, 1.165) is 12.1 Å². The first-order chi connectivity index (χ1) is 10.7. The molecule has 2 N–H and O–H groups in total. The number of sulfonamides is 1. The zero-order valence-corrected chi connectivity index (χ0v) is 13.1. The molecular formula is C13H17F3N2O4S. The highest BCUT2D eigenvalue weighted by molar-refractivity contribution is 7.89. The van der Waals surface area contributed by atoms with E-state index in [0.29, 0.717) is 25.8 Å². The number of benzene rings is 1. The number of nitrogens with one attached hydrogen (secondary N) is 2. The summed E-state index contributed by atoms with van der Waals surface area (Å²) < 4.78 is 75.2. The third kappa shape index (κ3) is 4.80. The molecule has 1 fully saturated rings. The van der Waals surface area contributed by atoms with Crippen LogP contribution in [0.15, 0.2) is 23.1 Å². The predicted molar refractivity (Wildman–Crippen MR) is 75.8 cm³/mol. The van der Waals surface area contributed by atoms with Crippen molar-refractivity contribution in [1.29, 1.82) is 0 Å². The fraction of sp³-hybridized carbons (Fsp3) is 0.538. The maximum absolute atomic E-state index is 12.9. The number of rotatable bonds is 5. The van der Waals surface area contributed by atoms with Gasteiger partial charge in [-0.25, -0.2) is 13.1 Å². The Morgan fingerprint density at radius 2 is 2.13 bits per heavy atom. The quantitative estimate of drug-likeness (QED) is 0.824. The molecular weight excluding hydrogens is 337 g/mol. The molecule has 23 heavy (non-hydrogen) atoms. The molecule has 1 saturated heterocycles. The largest absolute Gasteiger partial charge is 0.497 e. The van der Waals surface area contributed by atoms with E-state index in [2.05, 4.69) is 10.0 Å². The minimum absolute atomic E-state index is 0.0148. The third-order valence-corrected chi connectivity index (χ3v) is 4.67. The van der Waals surface area contributed by atoms with Gasteiger partial charge in [0.05, 0.1) is 30.8 Å². The lowest BCUT2D eigenvalue weighted by Crippen LogP contribution is -2.48. The molecule has 2 rings (SSSR count). The summed E-state index contributed by atoms with van der Waals surface area (Å²) in [5.74, 6) is -0.181. The Morgan fingerprint density at radius 3 is 2.70 bits per heavy atom. The fourth-order valence-corrected chi connectivity index (χ4v) is 3.19. The second kappa shape index (κ2) is 7.04. The van der Waals surface area contributed by atoms with Crippen LogP contribution in [0.2, 0.25) is 0 Å². The van der Waals surface area contributed by atoms with E-state index >= 15 is 0 Å². The highest BCUT2D eigenvalue weighted by Gasteiger charge is 2.33. The minimum Gasteiger partial charge on any atom is -0.497 e. The molecule has 0 amide bonds. The van der Waals surface area contributed by atoms with Crippen molar-refractivity contribution >= 4 is 10.0 Å². The molecule has 0 spiro atoms. The van der Waals surface area contributed by atoms with Crippen LogP contribution in [0.4, 0.5) is 13.2 Å². The van der Waals surface area contributed by atoms with Gasteiger partial charge in [0.25, 0.3) is 0 Å². The Labute approximate surface area is 132 Å². The average Bonchev–Trinajstić information content (AvgIpc) is 2.52. The topological polar surface area (TPSA) is 76.7 Å². The molecule has 0 saturated carbocycles. The molecule has 6 nitrogen and oxygen atoms in total. The Kier molecular flexibility index (Phi) is 5.50. The van der Waals surface area contributed by atoms with E-state index in [-0.39, 0.29) is 18.3 Å². The highest BCUT2D eigenvalue weighted by atomic mass is 32.2. The number of methoxy groups -OCH3 is 1. The summed E-state index contributed by atoms with van der Waals surface area (Å²) in [7, 11) is -2.93. The summed E-state index contributed by atoms with van der Waals surface area (Å²) in [6.07, 6.45) is -4.67. The molecule has 1 aliphatic rings. The van der Waals surface area contributed by atoms with Crippen molar-refractivity contribution in [1.82, 2.24) is 10.0 Å². The van der Waals surface area contributed by atoms with E-state index < -0.39 is 26.7 Å². The molecule has 0 aromatic heterocycles. The Morgan fingerprint density at radius 1 is 1.39 bits per heavy atom. The molecule has 1 aromatic rings. The van der Waals surface area contributed by atoms with Crippen LogP contribution in [0.25, 0.3) is 0 Å². The highest BCUT2D eigenvalue weighted by Crippen LogP contribution is 2.33. The molecule has 1 atom stereocenters. The van der Waals surface area contributed by atoms with Gasteiger partial charge in [0.15, 0.2) is 0 Å². The van der Waals surface area contributed by atoms with E-state index in [1.807, 2.05) is 0 Å². The van der Waals surface area contributed by atoms with Gasteiger partial charge in [-0.2, -0.15) is 13.2 Å². The number of morpholine rings is 1. The number of hydrogen-bond donors (Lipinski definition) is 2. The summed E-state index contributed by atoms with van der Waals surface area (Å²) in [5.41, 5.74) is -1.09. The zero-order valence-electron chi connectivity index (χ0n) is 12.3. The van der Waals surface area contributed by atoms with Gasteiger partial charge in [0.2, 0.25) is 10.0 Å². The number of alkyl halides is 3. The van der Waals surface area contributed by atoms with Crippen LogP contribution in [0, 0.1) is 0 Å². The number of hydrogen-bond acceptors (Lipinski definition) is 5. The first kappa shape index (κ1) is 18.0. The van der Waals surface area contributed by atoms with Crippen LogP contribution in [-0.4, -0.2) is 47.9 Å². The normalized spacial score (nSPS) is 19.6. The molecule has 1 aliphatic heterocycles. The van der Waals surface area contributed by atoms with Crippen LogP contribution in [0.1, 0.15) is 5.56 Å². The number of halogens is 3. The lowest BCUT2D eigenvalue weighted by molar-refractivity contribution is -0.137. The van der Waals surface area contributed by atoms with Crippen molar-refractivity contribution in [3.63, 3.8) is 0 Å². The van der Waals surface area contributed by atoms with Crippen molar-refractivity contribution in [2.75, 3.05) is 33.4 Å². The second-order valence-electron chi connectivity index (χ2n) is 4.97. The molecule has 0 bridgehead atoms. The summed E-state index contributed by atoms with van der Waals surface area (Å²) >= 11 is 0. The van der Waals surface area contributed by atoms with Crippen LogP contribution in [0.3, 0.4) is 0 Å². The van der Waals surface area contributed by atoms with Crippen LogP contribution >= 0.6 is 0 Å². The molecule has 0 radical (unpaired) electrons. The molecule has 1 aromatic carbocycles. The molecule has 10 heteroatoms. The van der Waals surface area contributed by atoms with Gasteiger partial charge in [0, 0.05) is 25.2 Å². The van der Waals surface area contributed by atoms with Gasteiger partial charge in [0.1, 0.15) is 5.75 Å². The minimum atomic E-state index is -4.67. The van der Waals surface area contributed by atoms with Crippen molar-refractivity contribution < 1.29 is 31.1 Å². The maximum Gasteiger partial charge on any atom is 0.416 e. The van der Waals surface area contributed by atoms with Crippen molar-refractivity contribution in [2.45, 2.75) is 17.1 Å². The summed E-state index contributed by atoms with van der Waals surface area (Å²) in [4.78, 5) is -0.499. The first-order valence-corrected chi connectivity index (χ1v) is 8.28. The standard InChI is InChI=1S/C13H17F3N2O4S/c1-21-11-4-9(13(14,15)16)5-12(6-11)23(19,20)18-7-10-8-22-3-2-17-10/h4-6,10,17-18H,2-3,7-8H2,1H3. The second-order valence-corrected chi connectivity index (χ2v) is 6.74. The van der Waals surface area contributed by atoms with Crippen molar-refractivity contribution in [2.24, 2.45) is 0 Å². The average molecular weight is 354 g/mol. The zero-order chi connectivity index (χ0) is 17.1. The number of ether oxygens (including phenoxy) is 2. The van der Waals surface area contributed by atoms with Gasteiger partial charge in [-0.05, 0) is 12.1 Å². The molecule has 0 aliphatic carbocycles. The Balaban J connectivity index is 2.20. The molecule has 130 valence electrons. The van der Waals surface area contributed by atoms with Crippen molar-refractivity contribution in [3.8, 4) is 5.75 Å². The lowest BCUT2D eigenvalue weighted by Gasteiger charge is -2.24. The maximum atomic E-state index is 12.9. The smallest absolute Gasteiger partial charge is 0.416 e. The summed E-state index contributed by atoms with van der Waals surface area (Å²) in [5, 5.41) is 3.04. The monoisotopic (exact) mass is 354 g/mol. The third-order valence-electron chi connectivity index (χ3n) is 3.27. The van der Waals surface area contributed by atoms with Gasteiger partial charge < -0.3 is 14.8 Å². The van der Waals surface area contributed by atoms with E-state index in [4.69, 9.17) is 9.47 Å². The summed E-state index contributed by atoms with van der Waals surface area (Å²) in [6, 6.07) is 2.14. The van der Waals surface area contributed by atoms with E-state index in [1.54, 1.807) is 0 Å². The predicted octanol–water partition coefficient (Wildman–Crippen LogP) is 0.981. The molecule has 1 heterocycles. The van der Waals surface area contributed by atoms with Crippen LogP contribution in [-0.2, 0) is 20.9 Å². The fourth-order valence-electron chi connectivity index (χ4n) is 2.05. The van der Waals surface area contributed by atoms with Crippen LogP contribution < -0.4 is 14.8 Å². The van der Waals surface area contributed by atoms with Gasteiger partial charge in [-0.15, -0.1) is 0 Å². The van der Waals surface area contributed by atoms with E-state index in [1.165, 1.54) is 7.11 Å². The Bertz CT molecular complexity index is 643. The first-order valence-electron chi connectivity index (χ1n) is 6.79. The Hall–Kier alpha value is -1.36. The van der Waals surface area contributed by atoms with E-state index in [9.17, 15) is 21.6 Å². The van der Waals surface area contributed by atoms with Gasteiger partial charge in [-0.3, -0.25) is 0 Å².